The fourth-order valence-corrected chi connectivity index (χ4v) is 3.29. The summed E-state index contributed by atoms with van der Waals surface area (Å²) >= 11 is 0. The van der Waals surface area contributed by atoms with Crippen LogP contribution >= 0.6 is 0 Å². The van der Waals surface area contributed by atoms with Crippen molar-refractivity contribution in [1.29, 1.82) is 0 Å². The zero-order chi connectivity index (χ0) is 10.1. The lowest BCUT2D eigenvalue weighted by Gasteiger charge is -2.34. The van der Waals surface area contributed by atoms with Gasteiger partial charge in [0.25, 0.3) is 0 Å². The summed E-state index contributed by atoms with van der Waals surface area (Å²) in [5.41, 5.74) is 0.0575. The van der Waals surface area contributed by atoms with Crippen molar-refractivity contribution in [1.82, 2.24) is 0 Å². The van der Waals surface area contributed by atoms with Gasteiger partial charge in [0.05, 0.1) is 5.60 Å². The molecule has 0 bridgehead atoms. The average Bonchev–Trinajstić information content (AvgIpc) is 2.78. The smallest absolute Gasteiger partial charge is 0.158 e. The largest absolute Gasteiger partial charge is 0.353 e. The fourth-order valence-electron chi connectivity index (χ4n) is 3.29. The van der Waals surface area contributed by atoms with Gasteiger partial charge in [0.1, 0.15) is 0 Å². The molecular formula is C13H20O2. The van der Waals surface area contributed by atoms with Gasteiger partial charge in [-0.05, 0) is 50.9 Å². The first-order valence-corrected chi connectivity index (χ1v) is 6.36. The molecule has 0 N–H and O–H groups in total. The van der Waals surface area contributed by atoms with Crippen LogP contribution in [-0.2, 0) is 9.47 Å². The minimum absolute atomic E-state index is 0.0575. The van der Waals surface area contributed by atoms with Crippen molar-refractivity contribution in [3.05, 3.63) is 12.2 Å². The highest BCUT2D eigenvalue weighted by molar-refractivity contribution is 5.16. The van der Waals surface area contributed by atoms with Gasteiger partial charge in [0.2, 0.25) is 0 Å². The van der Waals surface area contributed by atoms with Crippen LogP contribution in [0.5, 0.6) is 0 Å². The van der Waals surface area contributed by atoms with Gasteiger partial charge in [0.15, 0.2) is 6.29 Å². The highest BCUT2D eigenvalue weighted by Crippen LogP contribution is 2.47. The van der Waals surface area contributed by atoms with E-state index >= 15 is 0 Å². The number of rotatable bonds is 2. The van der Waals surface area contributed by atoms with Gasteiger partial charge >= 0.3 is 0 Å². The van der Waals surface area contributed by atoms with Crippen molar-refractivity contribution in [3.8, 4) is 0 Å². The van der Waals surface area contributed by atoms with Crippen LogP contribution in [0.1, 0.15) is 44.9 Å². The normalized spacial score (nSPS) is 44.5. The predicted octanol–water partition coefficient (Wildman–Crippen LogP) is 3.03. The van der Waals surface area contributed by atoms with Crippen molar-refractivity contribution >= 4 is 0 Å². The van der Waals surface area contributed by atoms with E-state index in [1.807, 2.05) is 0 Å². The number of hydrogen-bond acceptors (Lipinski definition) is 2. The number of ether oxygens (including phenoxy) is 2. The third-order valence-electron chi connectivity index (χ3n) is 4.12. The highest BCUT2D eigenvalue weighted by atomic mass is 16.7. The van der Waals surface area contributed by atoms with Gasteiger partial charge in [-0.2, -0.15) is 0 Å². The minimum atomic E-state index is 0.0575. The Kier molecular flexibility index (Phi) is 2.57. The number of fused-ring (bicyclic) bond motifs is 1. The Hall–Kier alpha value is -0.340. The molecular weight excluding hydrogens is 188 g/mol. The molecule has 3 rings (SSSR count). The van der Waals surface area contributed by atoms with E-state index in [0.717, 1.165) is 18.9 Å². The maximum absolute atomic E-state index is 6.25. The predicted molar refractivity (Wildman–Crippen MR) is 58.5 cm³/mol. The van der Waals surface area contributed by atoms with Crippen LogP contribution in [0.15, 0.2) is 12.2 Å². The highest BCUT2D eigenvalue weighted by Gasteiger charge is 2.45. The summed E-state index contributed by atoms with van der Waals surface area (Å²) in [4.78, 5) is 0. The Balaban J connectivity index is 1.67. The van der Waals surface area contributed by atoms with Crippen LogP contribution in [0.3, 0.4) is 0 Å². The summed E-state index contributed by atoms with van der Waals surface area (Å²) in [6.07, 6.45) is 13.3. The maximum atomic E-state index is 6.25. The molecule has 0 spiro atoms. The first-order chi connectivity index (χ1) is 7.39. The lowest BCUT2D eigenvalue weighted by Crippen LogP contribution is -2.38. The molecule has 2 nitrogen and oxygen atoms in total. The Labute approximate surface area is 91.6 Å². The van der Waals surface area contributed by atoms with E-state index in [1.165, 1.54) is 38.5 Å². The third kappa shape index (κ3) is 1.74. The maximum Gasteiger partial charge on any atom is 0.158 e. The second-order valence-corrected chi connectivity index (χ2v) is 5.10. The molecule has 0 aromatic heterocycles. The Morgan fingerprint density at radius 3 is 3.07 bits per heavy atom. The van der Waals surface area contributed by atoms with Crippen molar-refractivity contribution in [2.75, 3.05) is 6.61 Å². The van der Waals surface area contributed by atoms with E-state index in [1.54, 1.807) is 0 Å². The summed E-state index contributed by atoms with van der Waals surface area (Å²) in [5, 5.41) is 0. The molecule has 3 atom stereocenters. The molecule has 0 aromatic carbocycles. The van der Waals surface area contributed by atoms with Crippen LogP contribution in [0.2, 0.25) is 0 Å². The molecule has 1 aliphatic heterocycles. The average molecular weight is 208 g/mol. The Morgan fingerprint density at radius 1 is 1.20 bits per heavy atom. The van der Waals surface area contributed by atoms with Crippen LogP contribution in [0.4, 0.5) is 0 Å². The van der Waals surface area contributed by atoms with Crippen LogP contribution < -0.4 is 0 Å². The molecule has 2 aliphatic carbocycles. The van der Waals surface area contributed by atoms with Gasteiger partial charge in [-0.15, -0.1) is 0 Å². The molecule has 2 heteroatoms. The number of hydrogen-bond donors (Lipinski definition) is 0. The molecule has 1 saturated heterocycles. The summed E-state index contributed by atoms with van der Waals surface area (Å²) < 4.78 is 11.9. The zero-order valence-electron chi connectivity index (χ0n) is 9.28. The van der Waals surface area contributed by atoms with Crippen LogP contribution in [-0.4, -0.2) is 18.5 Å². The van der Waals surface area contributed by atoms with Gasteiger partial charge in [-0.3, -0.25) is 0 Å². The van der Waals surface area contributed by atoms with E-state index in [0.29, 0.717) is 0 Å². The molecule has 2 fully saturated rings. The molecule has 0 amide bonds. The lowest BCUT2D eigenvalue weighted by molar-refractivity contribution is -0.217. The van der Waals surface area contributed by atoms with Gasteiger partial charge < -0.3 is 9.47 Å². The van der Waals surface area contributed by atoms with Crippen LogP contribution in [0.25, 0.3) is 0 Å². The molecule has 1 saturated carbocycles. The van der Waals surface area contributed by atoms with E-state index in [9.17, 15) is 0 Å². The molecule has 1 heterocycles. The van der Waals surface area contributed by atoms with Crippen molar-refractivity contribution in [2.24, 2.45) is 5.92 Å². The van der Waals surface area contributed by atoms with E-state index < -0.39 is 0 Å². The second kappa shape index (κ2) is 3.91. The minimum Gasteiger partial charge on any atom is -0.353 e. The third-order valence-corrected chi connectivity index (χ3v) is 4.12. The lowest BCUT2D eigenvalue weighted by atomic mass is 9.94. The van der Waals surface area contributed by atoms with Crippen LogP contribution in [0, 0.1) is 5.92 Å². The Bertz CT molecular complexity index is 255. The van der Waals surface area contributed by atoms with Crippen molar-refractivity contribution < 1.29 is 9.47 Å². The molecule has 84 valence electrons. The zero-order valence-corrected chi connectivity index (χ0v) is 9.28. The molecule has 3 unspecified atom stereocenters. The van der Waals surface area contributed by atoms with Gasteiger partial charge in [0, 0.05) is 6.61 Å². The summed E-state index contributed by atoms with van der Waals surface area (Å²) in [5.74, 6) is 0.739. The van der Waals surface area contributed by atoms with E-state index in [4.69, 9.17) is 9.47 Å². The first kappa shape index (κ1) is 9.86. The first-order valence-electron chi connectivity index (χ1n) is 6.36. The van der Waals surface area contributed by atoms with Gasteiger partial charge in [-0.25, -0.2) is 0 Å². The second-order valence-electron chi connectivity index (χ2n) is 5.10. The summed E-state index contributed by atoms with van der Waals surface area (Å²) in [6, 6.07) is 0. The monoisotopic (exact) mass is 208 g/mol. The van der Waals surface area contributed by atoms with Crippen molar-refractivity contribution in [2.45, 2.75) is 56.8 Å². The quantitative estimate of drug-likeness (QED) is 0.649. The van der Waals surface area contributed by atoms with E-state index in [-0.39, 0.29) is 11.9 Å². The topological polar surface area (TPSA) is 18.5 Å². The molecule has 15 heavy (non-hydrogen) atoms. The molecule has 3 aliphatic rings. The van der Waals surface area contributed by atoms with Gasteiger partial charge in [-0.1, -0.05) is 12.2 Å². The Morgan fingerprint density at radius 2 is 2.20 bits per heavy atom. The standard InChI is InChI=1S/C13H20O2/c1-2-10-14-12(7-1)15-13-8-3-5-11(13)6-4-9-13/h3,8,11-12H,1-2,4-7,9-10H2. The number of allylic oxidation sites excluding steroid dienone is 1. The molecule has 0 aromatic rings. The van der Waals surface area contributed by atoms with E-state index in [2.05, 4.69) is 12.2 Å². The summed E-state index contributed by atoms with van der Waals surface area (Å²) in [7, 11) is 0. The van der Waals surface area contributed by atoms with Crippen molar-refractivity contribution in [3.63, 3.8) is 0 Å². The SMILES string of the molecule is C1=CC2(OC3CCCCO3)CCCC2C1. The summed E-state index contributed by atoms with van der Waals surface area (Å²) in [6.45, 7) is 0.884. The fraction of sp³-hybridized carbons (Fsp3) is 0.846. The molecule has 0 radical (unpaired) electrons.